The minimum absolute atomic E-state index is 0.442. The van der Waals surface area contributed by atoms with E-state index >= 15 is 0 Å². The van der Waals surface area contributed by atoms with E-state index in [1.54, 1.807) is 0 Å². The van der Waals surface area contributed by atoms with Crippen LogP contribution >= 0.6 is 0 Å². The maximum absolute atomic E-state index is 2.69. The summed E-state index contributed by atoms with van der Waals surface area (Å²) in [4.78, 5) is 0. The summed E-state index contributed by atoms with van der Waals surface area (Å²) in [6, 6.07) is 0. The first-order valence-electron chi connectivity index (χ1n) is 11.7. The third-order valence-electron chi connectivity index (χ3n) is 9.36. The van der Waals surface area contributed by atoms with Gasteiger partial charge in [-0.3, -0.25) is 0 Å². The third-order valence-corrected chi connectivity index (χ3v) is 9.36. The van der Waals surface area contributed by atoms with Crippen molar-refractivity contribution in [1.82, 2.24) is 0 Å². The van der Waals surface area contributed by atoms with E-state index in [1.165, 1.54) is 38.5 Å². The normalized spacial score (nSPS) is 44.5. The number of hydrogen-bond acceptors (Lipinski definition) is 0. The Balaban J connectivity index is 1.93. The van der Waals surface area contributed by atoms with Crippen LogP contribution in [0.25, 0.3) is 0 Å². The molecule has 0 heterocycles. The fraction of sp³-hybridized carbons (Fsp3) is 1.00. The lowest BCUT2D eigenvalue weighted by atomic mass is 9.45. The van der Waals surface area contributed by atoms with Crippen LogP contribution < -0.4 is 0 Å². The lowest BCUT2D eigenvalue weighted by Crippen LogP contribution is -2.53. The first-order valence-corrected chi connectivity index (χ1v) is 11.7. The molecule has 0 heteroatoms. The van der Waals surface area contributed by atoms with E-state index in [-0.39, 0.29) is 0 Å². The highest BCUT2D eigenvalue weighted by molar-refractivity contribution is 5.09. The molecule has 3 rings (SSSR count). The zero-order chi connectivity index (χ0) is 19.7. The topological polar surface area (TPSA) is 0 Å². The van der Waals surface area contributed by atoms with E-state index in [1.807, 2.05) is 0 Å². The van der Waals surface area contributed by atoms with E-state index in [0.717, 1.165) is 35.5 Å². The highest BCUT2D eigenvalue weighted by Gasteiger charge is 2.60. The van der Waals surface area contributed by atoms with Crippen LogP contribution in [-0.2, 0) is 0 Å². The summed E-state index contributed by atoms with van der Waals surface area (Å²) in [5, 5.41) is 0. The van der Waals surface area contributed by atoms with Crippen LogP contribution in [0.2, 0.25) is 0 Å². The van der Waals surface area contributed by atoms with Crippen LogP contribution in [0.15, 0.2) is 0 Å². The van der Waals surface area contributed by atoms with Gasteiger partial charge in [0.05, 0.1) is 0 Å². The molecule has 7 atom stereocenters. The van der Waals surface area contributed by atoms with E-state index in [0.29, 0.717) is 21.7 Å². The van der Waals surface area contributed by atoms with Crippen molar-refractivity contribution in [3.8, 4) is 0 Å². The maximum Gasteiger partial charge on any atom is -0.0261 e. The van der Waals surface area contributed by atoms with Gasteiger partial charge in [-0.2, -0.15) is 0 Å². The molecular formula is C26H48. The van der Waals surface area contributed by atoms with Gasteiger partial charge in [-0.15, -0.1) is 0 Å². The third kappa shape index (κ3) is 3.30. The van der Waals surface area contributed by atoms with Gasteiger partial charge in [0, 0.05) is 0 Å². The van der Waals surface area contributed by atoms with E-state index in [2.05, 4.69) is 69.2 Å². The molecule has 0 nitrogen and oxygen atoms in total. The van der Waals surface area contributed by atoms with Gasteiger partial charge in [-0.05, 0) is 95.7 Å². The van der Waals surface area contributed by atoms with Gasteiger partial charge < -0.3 is 0 Å². The average molecular weight is 361 g/mol. The summed E-state index contributed by atoms with van der Waals surface area (Å²) in [6.07, 6.45) is 8.96. The minimum Gasteiger partial charge on any atom is -0.0599 e. The van der Waals surface area contributed by atoms with Crippen molar-refractivity contribution < 1.29 is 0 Å². The molecule has 3 unspecified atom stereocenters. The lowest BCUT2D eigenvalue weighted by molar-refractivity contribution is -0.113. The Morgan fingerprint density at radius 2 is 1.23 bits per heavy atom. The van der Waals surface area contributed by atoms with E-state index < -0.39 is 0 Å². The fourth-order valence-electron chi connectivity index (χ4n) is 8.67. The molecule has 3 aliphatic rings. The quantitative estimate of drug-likeness (QED) is 0.408. The molecule has 0 spiro atoms. The SMILES string of the molecule is CC(C)(C)C1CC[C@@H]2[C@H](CC[C@]3(C)C(C(C)(C)C)CC[C@@H]23)C1C(C)(C)C. The molecule has 0 bridgehead atoms. The maximum atomic E-state index is 2.69. The first kappa shape index (κ1) is 20.7. The molecule has 0 amide bonds. The molecule has 152 valence electrons. The zero-order valence-corrected chi connectivity index (χ0v) is 19.7. The standard InChI is InChI=1S/C26H48/c1-23(2,3)20-12-11-17-18(22(20)25(7,8)9)15-16-26(10)19(17)13-14-21(26)24(4,5)6/h17-22H,11-16H2,1-10H3/t17-,18+,19+,20?,21?,22?,26+/m1/s1. The average Bonchev–Trinajstić information content (AvgIpc) is 2.81. The van der Waals surface area contributed by atoms with Crippen molar-refractivity contribution in [2.75, 3.05) is 0 Å². The fourth-order valence-corrected chi connectivity index (χ4v) is 8.67. The Morgan fingerprint density at radius 3 is 1.73 bits per heavy atom. The van der Waals surface area contributed by atoms with Crippen molar-refractivity contribution in [2.24, 2.45) is 57.2 Å². The largest absolute Gasteiger partial charge is 0.0599 e. The molecule has 26 heavy (non-hydrogen) atoms. The van der Waals surface area contributed by atoms with Gasteiger partial charge in [0.2, 0.25) is 0 Å². The van der Waals surface area contributed by atoms with Crippen LogP contribution in [0, 0.1) is 57.2 Å². The number of rotatable bonds is 0. The Morgan fingerprint density at radius 1 is 0.615 bits per heavy atom. The minimum atomic E-state index is 0.442. The van der Waals surface area contributed by atoms with Gasteiger partial charge in [-0.25, -0.2) is 0 Å². The van der Waals surface area contributed by atoms with Crippen molar-refractivity contribution in [2.45, 2.75) is 108 Å². The van der Waals surface area contributed by atoms with Crippen molar-refractivity contribution in [3.05, 3.63) is 0 Å². The van der Waals surface area contributed by atoms with Crippen LogP contribution in [0.5, 0.6) is 0 Å². The van der Waals surface area contributed by atoms with E-state index in [4.69, 9.17) is 0 Å². The molecule has 0 radical (unpaired) electrons. The molecular weight excluding hydrogens is 312 g/mol. The highest BCUT2D eigenvalue weighted by Crippen LogP contribution is 2.68. The second-order valence-corrected chi connectivity index (χ2v) is 13.9. The van der Waals surface area contributed by atoms with Gasteiger partial charge in [-0.1, -0.05) is 69.2 Å². The van der Waals surface area contributed by atoms with E-state index in [9.17, 15) is 0 Å². The smallest absolute Gasteiger partial charge is 0.0261 e. The molecule has 3 aliphatic carbocycles. The Bertz CT molecular complexity index is 508. The summed E-state index contributed by atoms with van der Waals surface area (Å²) in [7, 11) is 0. The first-order chi connectivity index (χ1) is 11.7. The van der Waals surface area contributed by atoms with Crippen LogP contribution in [-0.4, -0.2) is 0 Å². The molecule has 0 N–H and O–H groups in total. The van der Waals surface area contributed by atoms with Crippen molar-refractivity contribution >= 4 is 0 Å². The van der Waals surface area contributed by atoms with Gasteiger partial charge in [0.15, 0.2) is 0 Å². The second kappa shape index (κ2) is 6.25. The van der Waals surface area contributed by atoms with Crippen molar-refractivity contribution in [3.63, 3.8) is 0 Å². The predicted molar refractivity (Wildman–Crippen MR) is 115 cm³/mol. The van der Waals surface area contributed by atoms with Crippen molar-refractivity contribution in [1.29, 1.82) is 0 Å². The number of fused-ring (bicyclic) bond motifs is 3. The summed E-state index contributed by atoms with van der Waals surface area (Å²) < 4.78 is 0. The zero-order valence-electron chi connectivity index (χ0n) is 19.7. The second-order valence-electron chi connectivity index (χ2n) is 13.9. The Hall–Kier alpha value is 0. The molecule has 0 aliphatic heterocycles. The van der Waals surface area contributed by atoms with Gasteiger partial charge in [0.25, 0.3) is 0 Å². The summed E-state index contributed by atoms with van der Waals surface area (Å²) in [6.45, 7) is 25.4. The lowest BCUT2D eigenvalue weighted by Gasteiger charge is -2.60. The van der Waals surface area contributed by atoms with Crippen LogP contribution in [0.3, 0.4) is 0 Å². The molecule has 3 fully saturated rings. The van der Waals surface area contributed by atoms with Gasteiger partial charge >= 0.3 is 0 Å². The highest BCUT2D eigenvalue weighted by atomic mass is 14.6. The van der Waals surface area contributed by atoms with Gasteiger partial charge in [0.1, 0.15) is 0 Å². The Kier molecular flexibility index (Phi) is 4.98. The molecule has 0 aromatic heterocycles. The number of hydrogen-bond donors (Lipinski definition) is 0. The molecule has 0 saturated heterocycles. The molecule has 0 aromatic carbocycles. The molecule has 3 saturated carbocycles. The summed E-state index contributed by atoms with van der Waals surface area (Å²) in [5.41, 5.74) is 1.98. The predicted octanol–water partition coefficient (Wildman–Crippen LogP) is 8.21. The monoisotopic (exact) mass is 360 g/mol. The summed E-state index contributed by atoms with van der Waals surface area (Å²) >= 11 is 0. The Labute approximate surface area is 165 Å². The molecule has 0 aromatic rings. The summed E-state index contributed by atoms with van der Waals surface area (Å²) in [5.74, 6) is 5.70. The van der Waals surface area contributed by atoms with Crippen LogP contribution in [0.4, 0.5) is 0 Å². The van der Waals surface area contributed by atoms with Crippen LogP contribution in [0.1, 0.15) is 108 Å².